The zero-order chi connectivity index (χ0) is 37.6. The quantitative estimate of drug-likeness (QED) is 0.116. The van der Waals surface area contributed by atoms with Crippen LogP contribution in [0.15, 0.2) is 109 Å². The zero-order valence-electron chi connectivity index (χ0n) is 34.0. The normalized spacial score (nSPS) is 23.3. The van der Waals surface area contributed by atoms with Crippen molar-refractivity contribution in [1.29, 1.82) is 0 Å². The second kappa shape index (κ2) is 17.2. The Morgan fingerprint density at radius 2 is 1.51 bits per heavy atom. The average Bonchev–Trinajstić information content (AvgIpc) is 3.74. The number of benzene rings is 3. The van der Waals surface area contributed by atoms with Gasteiger partial charge < -0.3 is 0 Å². The molecule has 1 atom stereocenters. The summed E-state index contributed by atoms with van der Waals surface area (Å²) in [7, 11) is 0. The number of unbranched alkanes of at least 4 members (excludes halogenated alkanes) is 4. The molecule has 0 heteroatoms. The molecule has 3 aromatic rings. The van der Waals surface area contributed by atoms with Crippen molar-refractivity contribution >= 4 is 6.08 Å². The van der Waals surface area contributed by atoms with Crippen LogP contribution in [0, 0.1) is 19.3 Å². The summed E-state index contributed by atoms with van der Waals surface area (Å²) < 4.78 is 0. The first kappa shape index (κ1) is 39.1. The molecule has 1 unspecified atom stereocenters. The molecule has 9 rings (SSSR count). The van der Waals surface area contributed by atoms with E-state index in [0.29, 0.717) is 11.3 Å². The summed E-state index contributed by atoms with van der Waals surface area (Å²) in [6, 6.07) is 21.5. The van der Waals surface area contributed by atoms with E-state index in [9.17, 15) is 0 Å². The molecule has 6 aliphatic carbocycles. The molecular formula is C53H68. The number of fused-ring (bicyclic) bond motifs is 2. The van der Waals surface area contributed by atoms with Crippen LogP contribution in [0.3, 0.4) is 0 Å². The maximum atomic E-state index is 3.00. The highest BCUT2D eigenvalue weighted by Gasteiger charge is 2.67. The van der Waals surface area contributed by atoms with Crippen LogP contribution in [0.5, 0.6) is 0 Å². The van der Waals surface area contributed by atoms with E-state index < -0.39 is 0 Å². The average molecular weight is 705 g/mol. The van der Waals surface area contributed by atoms with Gasteiger partial charge in [-0.3, -0.25) is 0 Å². The first-order chi connectivity index (χ1) is 25.9. The molecule has 0 radical (unpaired) electrons. The second-order valence-corrected chi connectivity index (χ2v) is 17.4. The van der Waals surface area contributed by atoms with Gasteiger partial charge in [0.05, 0.1) is 0 Å². The Morgan fingerprint density at radius 3 is 2.26 bits per heavy atom. The highest BCUT2D eigenvalue weighted by Crippen LogP contribution is 2.75. The standard InChI is InChI=1S/C49H60.2C2H4/c1-5-6-7-12-24-48-31-49(32-48,33-48)44-22-20-38(35(3)26-44)14-8-9-15-39-30-43(25-34(39)2)46-19-13-18-45-36(4)40(21-23-47(45)46)27-37-28-41-16-10-11-17-42(41)29-37;2*1-2/h10-11,16-17,20-23,25-26,28,46H,5-9,12-15,18-19,24,27,29-33H2,1-4H3;2*1-2H2. The van der Waals surface area contributed by atoms with E-state index in [1.54, 1.807) is 61.2 Å². The number of hydrogen-bond acceptors (Lipinski definition) is 0. The smallest absolute Gasteiger partial charge is 0.00575 e. The highest BCUT2D eigenvalue weighted by atomic mass is 14.7. The van der Waals surface area contributed by atoms with E-state index >= 15 is 0 Å². The minimum Gasteiger partial charge on any atom is -0.106 e. The van der Waals surface area contributed by atoms with Crippen molar-refractivity contribution in [2.45, 2.75) is 155 Å². The maximum absolute atomic E-state index is 3.00. The van der Waals surface area contributed by atoms with Gasteiger partial charge in [-0.15, -0.1) is 26.3 Å². The van der Waals surface area contributed by atoms with Crippen LogP contribution in [0.4, 0.5) is 0 Å². The van der Waals surface area contributed by atoms with Crippen molar-refractivity contribution < 1.29 is 0 Å². The van der Waals surface area contributed by atoms with Crippen molar-refractivity contribution in [1.82, 2.24) is 0 Å². The van der Waals surface area contributed by atoms with E-state index in [1.807, 2.05) is 0 Å². The fourth-order valence-corrected chi connectivity index (χ4v) is 11.2. The van der Waals surface area contributed by atoms with Gasteiger partial charge in [-0.25, -0.2) is 0 Å². The fraction of sp³-hybridized carbons (Fsp3) is 0.472. The van der Waals surface area contributed by atoms with Crippen molar-refractivity contribution in [3.63, 3.8) is 0 Å². The molecule has 3 saturated carbocycles. The lowest BCUT2D eigenvalue weighted by Gasteiger charge is -2.72. The third kappa shape index (κ3) is 8.09. The lowest BCUT2D eigenvalue weighted by Crippen LogP contribution is -2.64. The van der Waals surface area contributed by atoms with Crippen LogP contribution in [0.1, 0.15) is 160 Å². The molecule has 280 valence electrons. The first-order valence-corrected chi connectivity index (χ1v) is 21.2. The number of hydrogen-bond donors (Lipinski definition) is 0. The maximum Gasteiger partial charge on any atom is 0.00575 e. The number of allylic oxidation sites excluding steroid dienone is 5. The molecule has 0 amide bonds. The Hall–Kier alpha value is -3.64. The van der Waals surface area contributed by atoms with Crippen molar-refractivity contribution in [3.05, 3.63) is 159 Å². The lowest BCUT2D eigenvalue weighted by atomic mass is 9.32. The Bertz CT molecular complexity index is 1830. The first-order valence-electron chi connectivity index (χ1n) is 21.2. The van der Waals surface area contributed by atoms with Crippen LogP contribution < -0.4 is 0 Å². The fourth-order valence-electron chi connectivity index (χ4n) is 11.2. The van der Waals surface area contributed by atoms with Crippen LogP contribution in [-0.4, -0.2) is 0 Å². The lowest BCUT2D eigenvalue weighted by molar-refractivity contribution is -0.147. The SMILES string of the molecule is C=C.C=C.CCCCCCC12CC(c3ccc(CCCCC4=C(C)C=C(C5CCCc6c5ccc(CC5=Cc7ccccc7C5)c6C)C4)c(C)c3)(C1)C2. The molecule has 0 heterocycles. The summed E-state index contributed by atoms with van der Waals surface area (Å²) >= 11 is 0. The van der Waals surface area contributed by atoms with Gasteiger partial charge in [0.1, 0.15) is 0 Å². The van der Waals surface area contributed by atoms with Gasteiger partial charge in [0.2, 0.25) is 0 Å². The third-order valence-corrected chi connectivity index (χ3v) is 13.9. The largest absolute Gasteiger partial charge is 0.106 e. The predicted octanol–water partition coefficient (Wildman–Crippen LogP) is 15.0. The molecule has 0 nitrogen and oxygen atoms in total. The summed E-state index contributed by atoms with van der Waals surface area (Å²) in [6.45, 7) is 21.5. The summed E-state index contributed by atoms with van der Waals surface area (Å²) in [5, 5.41) is 0. The summed E-state index contributed by atoms with van der Waals surface area (Å²) in [4.78, 5) is 0. The van der Waals surface area contributed by atoms with Crippen LogP contribution >= 0.6 is 0 Å². The van der Waals surface area contributed by atoms with E-state index in [-0.39, 0.29) is 0 Å². The Labute approximate surface area is 324 Å². The topological polar surface area (TPSA) is 0 Å². The van der Waals surface area contributed by atoms with Gasteiger partial charge in [0.15, 0.2) is 0 Å². The van der Waals surface area contributed by atoms with Gasteiger partial charge in [-0.1, -0.05) is 122 Å². The van der Waals surface area contributed by atoms with Crippen LogP contribution in [-0.2, 0) is 31.1 Å². The molecule has 0 aliphatic heterocycles. The molecule has 6 aliphatic rings. The van der Waals surface area contributed by atoms with Crippen molar-refractivity contribution in [2.24, 2.45) is 5.41 Å². The minimum absolute atomic E-state index is 0.547. The summed E-state index contributed by atoms with van der Waals surface area (Å²) in [6.07, 6.45) is 29.0. The molecule has 0 aromatic heterocycles. The zero-order valence-corrected chi connectivity index (χ0v) is 34.0. The van der Waals surface area contributed by atoms with Crippen molar-refractivity contribution in [3.8, 4) is 0 Å². The Kier molecular flexibility index (Phi) is 12.7. The number of rotatable bonds is 14. The minimum atomic E-state index is 0.547. The molecule has 0 saturated heterocycles. The van der Waals surface area contributed by atoms with E-state index in [0.717, 1.165) is 18.3 Å². The van der Waals surface area contributed by atoms with Gasteiger partial charge in [-0.2, -0.15) is 0 Å². The Balaban J connectivity index is 0.00000116. The summed E-state index contributed by atoms with van der Waals surface area (Å²) in [5.74, 6) is 0.608. The van der Waals surface area contributed by atoms with Crippen LogP contribution in [0.25, 0.3) is 6.08 Å². The highest BCUT2D eigenvalue weighted by molar-refractivity contribution is 5.64. The molecule has 0 N–H and O–H groups in total. The van der Waals surface area contributed by atoms with Gasteiger partial charge in [0, 0.05) is 5.92 Å². The number of aryl methyl sites for hydroxylation is 2. The molecule has 0 spiro atoms. The molecule has 53 heavy (non-hydrogen) atoms. The molecule has 3 fully saturated rings. The molecule has 3 aromatic carbocycles. The molecular weight excluding hydrogens is 637 g/mol. The van der Waals surface area contributed by atoms with Crippen LogP contribution in [0.2, 0.25) is 0 Å². The predicted molar refractivity (Wildman–Crippen MR) is 232 cm³/mol. The summed E-state index contributed by atoms with van der Waals surface area (Å²) in [5.41, 5.74) is 21.9. The van der Waals surface area contributed by atoms with E-state index in [4.69, 9.17) is 0 Å². The second-order valence-electron chi connectivity index (χ2n) is 17.4. The van der Waals surface area contributed by atoms with E-state index in [2.05, 4.69) is 121 Å². The van der Waals surface area contributed by atoms with Gasteiger partial charge in [0.25, 0.3) is 0 Å². The van der Waals surface area contributed by atoms with E-state index in [1.165, 1.54) is 114 Å². The molecule has 2 bridgehead atoms. The monoisotopic (exact) mass is 705 g/mol. The van der Waals surface area contributed by atoms with Gasteiger partial charge >= 0.3 is 0 Å². The van der Waals surface area contributed by atoms with Crippen molar-refractivity contribution in [2.75, 3.05) is 0 Å². The Morgan fingerprint density at radius 1 is 0.755 bits per heavy atom. The third-order valence-electron chi connectivity index (χ3n) is 13.9. The van der Waals surface area contributed by atoms with Gasteiger partial charge in [-0.05, 0) is 172 Å².